The molecule has 0 aliphatic rings. The first-order chi connectivity index (χ1) is 9.34. The minimum atomic E-state index is 0.952. The molecule has 0 spiro atoms. The lowest BCUT2D eigenvalue weighted by Crippen LogP contribution is -1.90. The second-order valence-corrected chi connectivity index (χ2v) is 4.84. The van der Waals surface area contributed by atoms with Crippen LogP contribution in [0, 0.1) is 6.92 Å². The minimum absolute atomic E-state index is 0.952. The van der Waals surface area contributed by atoms with Gasteiger partial charge in [-0.25, -0.2) is 0 Å². The number of hydrogen-bond donors (Lipinski definition) is 0. The highest BCUT2D eigenvalue weighted by Gasteiger charge is 2.09. The van der Waals surface area contributed by atoms with Gasteiger partial charge in [-0.1, -0.05) is 48.5 Å². The molecule has 2 nitrogen and oxygen atoms in total. The van der Waals surface area contributed by atoms with E-state index in [9.17, 15) is 0 Å². The first kappa shape index (κ1) is 10.4. The average molecular weight is 244 g/mol. The van der Waals surface area contributed by atoms with Crippen LogP contribution >= 0.6 is 0 Å². The van der Waals surface area contributed by atoms with E-state index < -0.39 is 0 Å². The Morgan fingerprint density at radius 1 is 0.632 bits per heavy atom. The van der Waals surface area contributed by atoms with Crippen molar-refractivity contribution >= 4 is 32.4 Å². The van der Waals surface area contributed by atoms with Crippen molar-refractivity contribution in [2.45, 2.75) is 6.92 Å². The highest BCUT2D eigenvalue weighted by molar-refractivity contribution is 6.23. The summed E-state index contributed by atoms with van der Waals surface area (Å²) in [5, 5.41) is 14.7. The molecule has 0 aliphatic heterocycles. The summed E-state index contributed by atoms with van der Waals surface area (Å²) in [5.41, 5.74) is 1.94. The molecule has 0 unspecified atom stereocenters. The third-order valence-electron chi connectivity index (χ3n) is 3.61. The number of hydrogen-bond acceptors (Lipinski definition) is 2. The Hall–Kier alpha value is -2.48. The number of nitrogens with zero attached hydrogens (tertiary/aromatic N) is 2. The third-order valence-corrected chi connectivity index (χ3v) is 3.61. The Morgan fingerprint density at radius 3 is 1.84 bits per heavy atom. The fourth-order valence-corrected chi connectivity index (χ4v) is 2.77. The summed E-state index contributed by atoms with van der Waals surface area (Å²) in [4.78, 5) is 0. The van der Waals surface area contributed by atoms with Crippen molar-refractivity contribution in [2.75, 3.05) is 0 Å². The van der Waals surface area contributed by atoms with Crippen molar-refractivity contribution in [1.29, 1.82) is 0 Å². The molecule has 2 heteroatoms. The summed E-state index contributed by atoms with van der Waals surface area (Å²) in [7, 11) is 0. The maximum atomic E-state index is 4.41. The molecule has 19 heavy (non-hydrogen) atoms. The first-order valence-corrected chi connectivity index (χ1v) is 6.38. The Bertz CT molecular complexity index is 891. The summed E-state index contributed by atoms with van der Waals surface area (Å²) < 4.78 is 0. The molecule has 0 bridgehead atoms. The van der Waals surface area contributed by atoms with Crippen molar-refractivity contribution in [1.82, 2.24) is 10.2 Å². The Labute approximate surface area is 110 Å². The van der Waals surface area contributed by atoms with Crippen LogP contribution in [0.1, 0.15) is 5.69 Å². The largest absolute Gasteiger partial charge is 0.155 e. The molecule has 0 radical (unpaired) electrons. The molecule has 0 saturated carbocycles. The summed E-state index contributed by atoms with van der Waals surface area (Å²) in [6.07, 6.45) is 0. The summed E-state index contributed by atoms with van der Waals surface area (Å²) >= 11 is 0. The Balaban J connectivity index is 2.43. The van der Waals surface area contributed by atoms with Crippen LogP contribution in [0.2, 0.25) is 0 Å². The maximum absolute atomic E-state index is 4.41. The van der Waals surface area contributed by atoms with Crippen LogP contribution in [0.5, 0.6) is 0 Å². The lowest BCUT2D eigenvalue weighted by atomic mass is 9.97. The second-order valence-electron chi connectivity index (χ2n) is 4.84. The zero-order chi connectivity index (χ0) is 12.8. The summed E-state index contributed by atoms with van der Waals surface area (Å²) in [5.74, 6) is 0. The molecule has 0 saturated heterocycles. The van der Waals surface area contributed by atoms with Gasteiger partial charge in [-0.15, -0.1) is 5.10 Å². The molecule has 4 rings (SSSR count). The second kappa shape index (κ2) is 3.75. The van der Waals surface area contributed by atoms with Crippen molar-refractivity contribution in [3.05, 3.63) is 60.3 Å². The van der Waals surface area contributed by atoms with E-state index in [1.54, 1.807) is 0 Å². The monoisotopic (exact) mass is 244 g/mol. The summed E-state index contributed by atoms with van der Waals surface area (Å²) in [6, 6.07) is 19.0. The number of rotatable bonds is 0. The van der Waals surface area contributed by atoms with Crippen molar-refractivity contribution < 1.29 is 0 Å². The molecule has 4 aromatic rings. The average Bonchev–Trinajstić information content (AvgIpc) is 2.47. The molecule has 0 amide bonds. The van der Waals surface area contributed by atoms with Gasteiger partial charge < -0.3 is 0 Å². The molecule has 1 aromatic heterocycles. The van der Waals surface area contributed by atoms with E-state index in [0.29, 0.717) is 0 Å². The molecule has 0 N–H and O–H groups in total. The van der Waals surface area contributed by atoms with E-state index >= 15 is 0 Å². The quantitative estimate of drug-likeness (QED) is 0.432. The van der Waals surface area contributed by atoms with Gasteiger partial charge >= 0.3 is 0 Å². The zero-order valence-corrected chi connectivity index (χ0v) is 10.6. The predicted molar refractivity (Wildman–Crippen MR) is 79.3 cm³/mol. The molecular formula is C17H12N2. The van der Waals surface area contributed by atoms with Crippen LogP contribution in [-0.2, 0) is 0 Å². The van der Waals surface area contributed by atoms with Gasteiger partial charge in [-0.2, -0.15) is 5.10 Å². The highest BCUT2D eigenvalue weighted by Crippen LogP contribution is 2.33. The highest BCUT2D eigenvalue weighted by atomic mass is 15.1. The minimum Gasteiger partial charge on any atom is -0.155 e. The Kier molecular flexibility index (Phi) is 2.06. The van der Waals surface area contributed by atoms with Crippen molar-refractivity contribution in [3.8, 4) is 0 Å². The van der Waals surface area contributed by atoms with E-state index in [1.165, 1.54) is 26.9 Å². The zero-order valence-electron chi connectivity index (χ0n) is 10.6. The normalized spacial score (nSPS) is 11.4. The fraction of sp³-hybridized carbons (Fsp3) is 0.0588. The number of aromatic nitrogens is 2. The van der Waals surface area contributed by atoms with E-state index in [1.807, 2.05) is 6.92 Å². The van der Waals surface area contributed by atoms with E-state index in [-0.39, 0.29) is 0 Å². The van der Waals surface area contributed by atoms with E-state index in [0.717, 1.165) is 11.2 Å². The number of aryl methyl sites for hydroxylation is 1. The maximum Gasteiger partial charge on any atom is 0.101 e. The fourth-order valence-electron chi connectivity index (χ4n) is 2.77. The lowest BCUT2D eigenvalue weighted by Gasteiger charge is -2.08. The van der Waals surface area contributed by atoms with Gasteiger partial charge in [0.1, 0.15) is 5.52 Å². The van der Waals surface area contributed by atoms with Gasteiger partial charge in [0, 0.05) is 10.8 Å². The summed E-state index contributed by atoms with van der Waals surface area (Å²) in [6.45, 7) is 1.98. The van der Waals surface area contributed by atoms with Gasteiger partial charge in [0.25, 0.3) is 0 Å². The predicted octanol–water partition coefficient (Wildman–Crippen LogP) is 4.24. The number of fused-ring (bicyclic) bond motifs is 6. The van der Waals surface area contributed by atoms with Gasteiger partial charge in [-0.05, 0) is 29.1 Å². The van der Waals surface area contributed by atoms with Crippen molar-refractivity contribution in [3.63, 3.8) is 0 Å². The molecule has 1 heterocycles. The molecule has 0 fully saturated rings. The molecular weight excluding hydrogens is 232 g/mol. The standard InChI is InChI=1S/C17H12N2/c1-11-10-16-14-8-3-2-6-12(14)13-7-4-5-9-15(13)17(16)19-18-11/h2-10H,1H3. The lowest BCUT2D eigenvalue weighted by molar-refractivity contribution is 1.02. The van der Waals surface area contributed by atoms with Crippen LogP contribution in [-0.4, -0.2) is 10.2 Å². The van der Waals surface area contributed by atoms with Crippen molar-refractivity contribution in [2.24, 2.45) is 0 Å². The van der Waals surface area contributed by atoms with Crippen LogP contribution in [0.15, 0.2) is 54.6 Å². The molecule has 3 aromatic carbocycles. The SMILES string of the molecule is Cc1cc2c3ccccc3c3ccccc3c2nn1. The van der Waals surface area contributed by atoms with Gasteiger partial charge in [0.2, 0.25) is 0 Å². The first-order valence-electron chi connectivity index (χ1n) is 6.38. The Morgan fingerprint density at radius 2 is 1.16 bits per heavy atom. The topological polar surface area (TPSA) is 25.8 Å². The van der Waals surface area contributed by atoms with Crippen LogP contribution in [0.25, 0.3) is 32.4 Å². The van der Waals surface area contributed by atoms with Crippen LogP contribution < -0.4 is 0 Å². The molecule has 0 aliphatic carbocycles. The van der Waals surface area contributed by atoms with Gasteiger partial charge in [0.15, 0.2) is 0 Å². The van der Waals surface area contributed by atoms with Gasteiger partial charge in [0.05, 0.1) is 5.69 Å². The van der Waals surface area contributed by atoms with Crippen LogP contribution in [0.4, 0.5) is 0 Å². The smallest absolute Gasteiger partial charge is 0.101 e. The van der Waals surface area contributed by atoms with E-state index in [4.69, 9.17) is 0 Å². The molecule has 90 valence electrons. The van der Waals surface area contributed by atoms with E-state index in [2.05, 4.69) is 64.8 Å². The van der Waals surface area contributed by atoms with Gasteiger partial charge in [-0.3, -0.25) is 0 Å². The number of benzene rings is 3. The molecule has 0 atom stereocenters. The third kappa shape index (κ3) is 1.43. The van der Waals surface area contributed by atoms with Crippen LogP contribution in [0.3, 0.4) is 0 Å².